The molecule has 2 saturated heterocycles. The third-order valence-corrected chi connectivity index (χ3v) is 9.04. The Morgan fingerprint density at radius 2 is 1.37 bits per heavy atom. The molecule has 0 spiro atoms. The number of hydrogen-bond acceptors (Lipinski definition) is 5. The van der Waals surface area contributed by atoms with E-state index in [1.54, 1.807) is 0 Å². The number of nitrogens with zero attached hydrogens (tertiary/aromatic N) is 1. The van der Waals surface area contributed by atoms with Gasteiger partial charge >= 0.3 is 0 Å². The highest BCUT2D eigenvalue weighted by Crippen LogP contribution is 2.34. The monoisotopic (exact) mass is 417 g/mol. The molecule has 0 aromatic carbocycles. The Hall–Kier alpha value is 0.234. The van der Waals surface area contributed by atoms with Crippen molar-refractivity contribution in [1.29, 1.82) is 0 Å². The molecule has 0 aromatic rings. The van der Waals surface area contributed by atoms with E-state index in [0.29, 0.717) is 31.6 Å². The highest BCUT2D eigenvalue weighted by Gasteiger charge is 2.44. The first-order chi connectivity index (χ1) is 12.7. The van der Waals surface area contributed by atoms with Crippen LogP contribution in [0.3, 0.4) is 0 Å². The quantitative estimate of drug-likeness (QED) is 0.256. The van der Waals surface area contributed by atoms with Crippen molar-refractivity contribution in [2.75, 3.05) is 46.5 Å². The van der Waals surface area contributed by atoms with Crippen LogP contribution in [0.4, 0.5) is 0 Å². The average molecular weight is 418 g/mol. The molecule has 0 unspecified atom stereocenters. The molecule has 0 radical (unpaired) electrons. The third kappa shape index (κ3) is 9.06. The van der Waals surface area contributed by atoms with Crippen molar-refractivity contribution in [2.45, 2.75) is 76.4 Å². The predicted octanol–water partition coefficient (Wildman–Crippen LogP) is 4.11. The minimum absolute atomic E-state index is 0.292. The Kier molecular flexibility index (Phi) is 9.45. The zero-order valence-electron chi connectivity index (χ0n) is 18.6. The first-order valence-corrected chi connectivity index (χ1v) is 18.2. The van der Waals surface area contributed by atoms with Gasteiger partial charge in [0.15, 0.2) is 0 Å². The minimum Gasteiger partial charge on any atom is -0.356 e. The number of hydrogen-bond donors (Lipinski definition) is 0. The summed E-state index contributed by atoms with van der Waals surface area (Å²) in [5, 5.41) is 0. The van der Waals surface area contributed by atoms with Crippen molar-refractivity contribution in [2.24, 2.45) is 5.92 Å². The predicted molar refractivity (Wildman–Crippen MR) is 117 cm³/mol. The first kappa shape index (κ1) is 23.5. The summed E-state index contributed by atoms with van der Waals surface area (Å²) in [6.45, 7) is 19.9. The van der Waals surface area contributed by atoms with Crippen molar-refractivity contribution in [3.8, 4) is 0 Å². The molecule has 0 aromatic heterocycles. The maximum atomic E-state index is 6.11. The van der Waals surface area contributed by atoms with Crippen LogP contribution in [0.5, 0.6) is 0 Å². The van der Waals surface area contributed by atoms with Gasteiger partial charge in [-0.2, -0.15) is 0 Å². The molecular formula is C20H43NO4Si2. The van der Waals surface area contributed by atoms with E-state index >= 15 is 0 Å². The lowest BCUT2D eigenvalue weighted by Gasteiger charge is -2.26. The van der Waals surface area contributed by atoms with Crippen LogP contribution >= 0.6 is 0 Å². The molecule has 3 atom stereocenters. The summed E-state index contributed by atoms with van der Waals surface area (Å²) in [4.78, 5) is 2.58. The zero-order valence-corrected chi connectivity index (χ0v) is 20.6. The Labute approximate surface area is 169 Å². The van der Waals surface area contributed by atoms with E-state index in [0.717, 1.165) is 32.8 Å². The van der Waals surface area contributed by atoms with Gasteiger partial charge in [0.1, 0.15) is 13.6 Å². The largest absolute Gasteiger partial charge is 0.356 e. The van der Waals surface area contributed by atoms with Gasteiger partial charge in [-0.15, -0.1) is 0 Å². The molecule has 0 N–H and O–H groups in total. The van der Waals surface area contributed by atoms with Crippen LogP contribution in [0.15, 0.2) is 0 Å². The fourth-order valence-electron chi connectivity index (χ4n) is 3.85. The molecule has 2 aliphatic rings. The fourth-order valence-corrected chi connectivity index (χ4v) is 5.36. The molecular weight excluding hydrogens is 374 g/mol. The molecule has 0 bridgehead atoms. The van der Waals surface area contributed by atoms with Gasteiger partial charge in [-0.1, -0.05) is 39.3 Å². The molecule has 2 fully saturated rings. The number of fused-ring (bicyclic) bond motifs is 1. The van der Waals surface area contributed by atoms with Crippen molar-refractivity contribution in [3.63, 3.8) is 0 Å². The summed E-state index contributed by atoms with van der Waals surface area (Å²) >= 11 is 0. The summed E-state index contributed by atoms with van der Waals surface area (Å²) in [7, 11) is -2.03. The van der Waals surface area contributed by atoms with E-state index in [4.69, 9.17) is 18.9 Å². The first-order valence-electron chi connectivity index (χ1n) is 10.7. The molecule has 0 amide bonds. The van der Waals surface area contributed by atoms with Crippen LogP contribution in [0, 0.1) is 5.92 Å². The number of ether oxygens (including phenoxy) is 4. The molecule has 7 heteroatoms. The maximum absolute atomic E-state index is 6.11. The van der Waals surface area contributed by atoms with Crippen molar-refractivity contribution in [1.82, 2.24) is 4.90 Å². The van der Waals surface area contributed by atoms with Crippen LogP contribution in [-0.4, -0.2) is 79.7 Å². The molecule has 2 rings (SSSR count). The van der Waals surface area contributed by atoms with E-state index in [2.05, 4.69) is 44.2 Å². The summed E-state index contributed by atoms with van der Waals surface area (Å²) in [6.07, 6.45) is 2.61. The Morgan fingerprint density at radius 3 is 2.00 bits per heavy atom. The molecule has 5 nitrogen and oxygen atoms in total. The smallest absolute Gasteiger partial charge is 0.147 e. The molecule has 160 valence electrons. The van der Waals surface area contributed by atoms with Crippen LogP contribution in [0.2, 0.25) is 51.4 Å². The van der Waals surface area contributed by atoms with E-state index in [1.807, 2.05) is 0 Å². The molecule has 0 saturated carbocycles. The van der Waals surface area contributed by atoms with Gasteiger partial charge in [0.05, 0.1) is 12.7 Å². The van der Waals surface area contributed by atoms with E-state index < -0.39 is 16.1 Å². The van der Waals surface area contributed by atoms with Gasteiger partial charge in [-0.05, 0) is 31.5 Å². The second-order valence-electron chi connectivity index (χ2n) is 10.6. The highest BCUT2D eigenvalue weighted by atomic mass is 28.3. The van der Waals surface area contributed by atoms with Crippen LogP contribution in [0.25, 0.3) is 0 Å². The molecule has 2 aliphatic heterocycles. The van der Waals surface area contributed by atoms with Crippen molar-refractivity contribution >= 4 is 16.1 Å². The fraction of sp³-hybridized carbons (Fsp3) is 1.00. The standard InChI is InChI=1S/C20H43NO4Si2/c1-26(2,3)13-11-22-16-24-15-18-7-9-21-10-8-19(20(18)21)25-17-23-12-14-27(4,5)6/h18-20H,7-17H2,1-6H3/t18-,19+,20+/m1/s1. The maximum Gasteiger partial charge on any atom is 0.147 e. The second kappa shape index (κ2) is 10.9. The highest BCUT2D eigenvalue weighted by molar-refractivity contribution is 6.76. The van der Waals surface area contributed by atoms with Gasteiger partial charge in [0, 0.05) is 47.9 Å². The van der Waals surface area contributed by atoms with Crippen LogP contribution in [0.1, 0.15) is 12.8 Å². The van der Waals surface area contributed by atoms with Gasteiger partial charge in [-0.3, -0.25) is 4.90 Å². The minimum atomic E-state index is -1.02. The topological polar surface area (TPSA) is 40.2 Å². The Balaban J connectivity index is 1.61. The SMILES string of the molecule is C[Si](C)(C)CCOCOC[C@H]1CCN2CC[C@H](OCOCC[Si](C)(C)C)[C@H]12. The zero-order chi connectivity index (χ0) is 19.9. The third-order valence-electron chi connectivity index (χ3n) is 5.63. The lowest BCUT2D eigenvalue weighted by Crippen LogP contribution is -2.37. The van der Waals surface area contributed by atoms with Gasteiger partial charge < -0.3 is 18.9 Å². The van der Waals surface area contributed by atoms with E-state index in [1.165, 1.54) is 25.1 Å². The number of rotatable bonds is 13. The van der Waals surface area contributed by atoms with Gasteiger partial charge in [-0.25, -0.2) is 0 Å². The van der Waals surface area contributed by atoms with Crippen molar-refractivity contribution in [3.05, 3.63) is 0 Å². The Morgan fingerprint density at radius 1 is 0.778 bits per heavy atom. The normalized spacial score (nSPS) is 26.7. The van der Waals surface area contributed by atoms with Crippen LogP contribution < -0.4 is 0 Å². The Bertz CT molecular complexity index is 425. The van der Waals surface area contributed by atoms with Crippen molar-refractivity contribution < 1.29 is 18.9 Å². The second-order valence-corrected chi connectivity index (χ2v) is 21.9. The summed E-state index contributed by atoms with van der Waals surface area (Å²) in [5.41, 5.74) is 0. The summed E-state index contributed by atoms with van der Waals surface area (Å²) < 4.78 is 23.4. The average Bonchev–Trinajstić information content (AvgIpc) is 3.11. The lowest BCUT2D eigenvalue weighted by atomic mass is 9.97. The lowest BCUT2D eigenvalue weighted by molar-refractivity contribution is -0.105. The molecule has 2 heterocycles. The van der Waals surface area contributed by atoms with Crippen LogP contribution in [-0.2, 0) is 18.9 Å². The summed E-state index contributed by atoms with van der Waals surface area (Å²) in [5.74, 6) is 0.556. The summed E-state index contributed by atoms with van der Waals surface area (Å²) in [6, 6.07) is 2.89. The molecule has 0 aliphatic carbocycles. The molecule has 27 heavy (non-hydrogen) atoms. The van der Waals surface area contributed by atoms with Gasteiger partial charge in [0.2, 0.25) is 0 Å². The van der Waals surface area contributed by atoms with E-state index in [-0.39, 0.29) is 0 Å². The van der Waals surface area contributed by atoms with E-state index in [9.17, 15) is 0 Å². The van der Waals surface area contributed by atoms with Gasteiger partial charge in [0.25, 0.3) is 0 Å².